The lowest BCUT2D eigenvalue weighted by atomic mass is 9.62. The Morgan fingerprint density at radius 2 is 1.69 bits per heavy atom. The Labute approximate surface area is 381 Å². The number of unbranched alkanes of at least 4 members (excludes halogenated alkanes) is 4. The van der Waals surface area contributed by atoms with Gasteiger partial charge >= 0.3 is 23.9 Å². The van der Waals surface area contributed by atoms with Crippen molar-refractivity contribution >= 4 is 41.8 Å². The second-order valence-corrected chi connectivity index (χ2v) is 19.8. The Bertz CT molecular complexity index is 1920. The molecule has 2 unspecified atom stereocenters. The third kappa shape index (κ3) is 11.8. The van der Waals surface area contributed by atoms with Gasteiger partial charge in [0.25, 0.3) is 0 Å². The van der Waals surface area contributed by atoms with E-state index in [1.165, 1.54) is 11.1 Å². The van der Waals surface area contributed by atoms with Crippen molar-refractivity contribution in [2.24, 2.45) is 10.8 Å². The van der Waals surface area contributed by atoms with Crippen molar-refractivity contribution in [2.75, 3.05) is 19.8 Å². The van der Waals surface area contributed by atoms with Gasteiger partial charge in [-0.3, -0.25) is 24.0 Å². The van der Waals surface area contributed by atoms with Crippen molar-refractivity contribution in [1.82, 2.24) is 15.7 Å². The molecule has 1 aliphatic carbocycles. The minimum atomic E-state index is -1.48. The molecule has 5 fully saturated rings. The monoisotopic (exact) mass is 911 g/mol. The Morgan fingerprint density at radius 3 is 2.34 bits per heavy atom. The molecule has 65 heavy (non-hydrogen) atoms. The van der Waals surface area contributed by atoms with E-state index in [-0.39, 0.29) is 45.4 Å². The van der Waals surface area contributed by atoms with Crippen LogP contribution in [0.4, 0.5) is 0 Å². The smallest absolute Gasteiger partial charge is 0.348 e. The van der Waals surface area contributed by atoms with E-state index in [9.17, 15) is 33.9 Å². The van der Waals surface area contributed by atoms with E-state index >= 15 is 0 Å². The number of cyclic esters (lactones) is 1. The third-order valence-corrected chi connectivity index (χ3v) is 12.8. The maximum atomic E-state index is 14.8. The number of aliphatic hydroxyl groups excluding tert-OH is 1. The summed E-state index contributed by atoms with van der Waals surface area (Å²) in [5.74, 6) is -4.27. The van der Waals surface area contributed by atoms with Gasteiger partial charge in [0, 0.05) is 50.1 Å². The molecule has 0 aromatic heterocycles. The molecule has 4 saturated heterocycles. The predicted molar refractivity (Wildman–Crippen MR) is 234 cm³/mol. The first-order valence-corrected chi connectivity index (χ1v) is 23.4. The molecular formula is C48H69N3O14. The van der Waals surface area contributed by atoms with Crippen molar-refractivity contribution in [3.63, 3.8) is 0 Å². The summed E-state index contributed by atoms with van der Waals surface area (Å²) in [5, 5.41) is 17.1. The van der Waals surface area contributed by atoms with Crippen molar-refractivity contribution in [1.29, 1.82) is 0 Å². The highest BCUT2D eigenvalue weighted by atomic mass is 16.8. The zero-order valence-corrected chi connectivity index (χ0v) is 39.0. The number of fused-ring (bicyclic) bond motifs is 4. The van der Waals surface area contributed by atoms with E-state index in [1.54, 1.807) is 52.8 Å². The van der Waals surface area contributed by atoms with Crippen molar-refractivity contribution in [2.45, 2.75) is 186 Å². The van der Waals surface area contributed by atoms with Gasteiger partial charge in [-0.15, -0.1) is 0 Å². The molecule has 17 heteroatoms. The fourth-order valence-corrected chi connectivity index (χ4v) is 9.57. The number of esters is 4. The number of hydrogen-bond donors (Lipinski definition) is 3. The van der Waals surface area contributed by atoms with Crippen molar-refractivity contribution < 1.29 is 67.1 Å². The van der Waals surface area contributed by atoms with Crippen LogP contribution in [0.25, 0.3) is 6.08 Å². The number of aliphatic hydroxyl groups is 1. The predicted octanol–water partition coefficient (Wildman–Crippen LogP) is 4.74. The van der Waals surface area contributed by atoms with Gasteiger partial charge in [-0.05, 0) is 57.2 Å². The molecule has 1 aromatic carbocycles. The molecule has 5 aliphatic rings. The van der Waals surface area contributed by atoms with Crippen LogP contribution in [0.2, 0.25) is 0 Å². The summed E-state index contributed by atoms with van der Waals surface area (Å²) in [4.78, 5) is 86.2. The number of hydrogen-bond acceptors (Lipinski definition) is 15. The number of nitrogens with zero attached hydrogens (tertiary/aromatic N) is 1. The molecule has 17 nitrogen and oxygen atoms in total. The van der Waals surface area contributed by atoms with Crippen molar-refractivity contribution in [3.8, 4) is 0 Å². The quantitative estimate of drug-likeness (QED) is 0.0620. The Balaban J connectivity index is 1.20. The van der Waals surface area contributed by atoms with Gasteiger partial charge in [0.05, 0.1) is 19.2 Å². The summed E-state index contributed by atoms with van der Waals surface area (Å²) in [6, 6.07) is 5.32. The number of hydroxylamine groups is 2. The van der Waals surface area contributed by atoms with Gasteiger partial charge in [-0.1, -0.05) is 77.6 Å². The van der Waals surface area contributed by atoms with E-state index in [0.717, 1.165) is 38.5 Å². The standard InChI is InChI=1S/C48H69N3O14/c1-8-10-12-22-47(23-13-11-9-2)63-37-33-26-48(44(58)49-24-21-34(53)50-32(28-52)18-20-36(55)62-45(3,4)5)39(42(56)60-33)51(65-40(48)38(37)64-47)27-31-16-14-15-30(25-31)17-19-35(54)61-41-43(57)59-29-46(41,6)7/h14-17,19,25,32-33,37-41,52H,8-13,18,20-24,26-29H2,1-7H3,(H,49,58)(H,50,53)/t32-,33?,37-,38-,39-,40+,41-,48?/m0/s1. The summed E-state index contributed by atoms with van der Waals surface area (Å²) < 4.78 is 35.9. The van der Waals surface area contributed by atoms with E-state index in [4.69, 9.17) is 33.3 Å². The molecule has 0 spiro atoms. The van der Waals surface area contributed by atoms with E-state index in [0.29, 0.717) is 24.0 Å². The van der Waals surface area contributed by atoms with Gasteiger partial charge in [0.1, 0.15) is 42.0 Å². The lowest BCUT2D eigenvalue weighted by Gasteiger charge is -2.48. The topological polar surface area (TPSA) is 215 Å². The largest absolute Gasteiger partial charge is 0.462 e. The lowest BCUT2D eigenvalue weighted by molar-refractivity contribution is -0.224. The summed E-state index contributed by atoms with van der Waals surface area (Å²) in [5.41, 5.74) is -1.48. The maximum absolute atomic E-state index is 14.8. The molecule has 3 N–H and O–H groups in total. The van der Waals surface area contributed by atoms with Gasteiger partial charge in [-0.25, -0.2) is 9.59 Å². The van der Waals surface area contributed by atoms with E-state index in [1.807, 2.05) is 12.1 Å². The average molecular weight is 912 g/mol. The molecule has 1 aromatic rings. The third-order valence-electron chi connectivity index (χ3n) is 12.8. The number of benzene rings is 1. The number of carbonyl (C=O) groups excluding carboxylic acids is 6. The molecule has 4 heterocycles. The summed E-state index contributed by atoms with van der Waals surface area (Å²) in [6.45, 7) is 12.8. The highest BCUT2D eigenvalue weighted by Crippen LogP contribution is 2.58. The molecule has 4 aliphatic heterocycles. The van der Waals surface area contributed by atoms with Crippen LogP contribution in [0, 0.1) is 10.8 Å². The normalized spacial score (nSPS) is 28.0. The van der Waals surface area contributed by atoms with Crippen LogP contribution in [-0.4, -0.2) is 120 Å². The first kappa shape index (κ1) is 50.0. The Hall–Kier alpha value is -4.42. The number of ether oxygens (including phenoxy) is 6. The van der Waals surface area contributed by atoms with Gasteiger partial charge < -0.3 is 44.2 Å². The molecule has 6 rings (SSSR count). The van der Waals surface area contributed by atoms with Crippen LogP contribution in [0.3, 0.4) is 0 Å². The Kier molecular flexibility index (Phi) is 16.2. The summed E-state index contributed by atoms with van der Waals surface area (Å²) >= 11 is 0. The molecule has 8 atom stereocenters. The summed E-state index contributed by atoms with van der Waals surface area (Å²) in [6.07, 6.45) is 5.69. The fourth-order valence-electron chi connectivity index (χ4n) is 9.57. The number of carbonyl (C=O) groups is 6. The zero-order valence-electron chi connectivity index (χ0n) is 39.0. The molecule has 0 radical (unpaired) electrons. The van der Waals surface area contributed by atoms with Crippen LogP contribution >= 0.6 is 0 Å². The van der Waals surface area contributed by atoms with Crippen LogP contribution in [0.5, 0.6) is 0 Å². The highest BCUT2D eigenvalue weighted by Gasteiger charge is 2.76. The van der Waals surface area contributed by atoms with E-state index in [2.05, 4.69) is 24.5 Å². The van der Waals surface area contributed by atoms with Crippen LogP contribution in [0.1, 0.15) is 137 Å². The number of nitrogens with one attached hydrogen (secondary N) is 2. The number of rotatable bonds is 22. The second-order valence-electron chi connectivity index (χ2n) is 19.8. The fraction of sp³-hybridized carbons (Fsp3) is 0.708. The first-order valence-electron chi connectivity index (χ1n) is 23.4. The Morgan fingerprint density at radius 1 is 0.985 bits per heavy atom. The van der Waals surface area contributed by atoms with Gasteiger partial charge in [-0.2, -0.15) is 5.06 Å². The lowest BCUT2D eigenvalue weighted by Crippen LogP contribution is -2.69. The van der Waals surface area contributed by atoms with E-state index < -0.39 is 107 Å². The molecular weight excluding hydrogens is 843 g/mol. The molecule has 360 valence electrons. The average Bonchev–Trinajstić information content (AvgIpc) is 3.88. The summed E-state index contributed by atoms with van der Waals surface area (Å²) in [7, 11) is 0. The van der Waals surface area contributed by atoms with Crippen LogP contribution in [0.15, 0.2) is 30.3 Å². The molecule has 1 saturated carbocycles. The SMILES string of the molecule is CCCCCC1(CCCCC)O[C@@H]2[C@H]3ON(Cc4cccc(C=CC(=O)O[C@H]5C(=O)OCC5(C)C)c4)[C@H]4C(=O)OC(CC34C(=O)NCCC(=O)N[C@H](CO)CCC(=O)OC(C)(C)C)[C@@H]2O1. The van der Waals surface area contributed by atoms with Gasteiger partial charge in [0.15, 0.2) is 11.8 Å². The van der Waals surface area contributed by atoms with Crippen LogP contribution < -0.4 is 10.6 Å². The number of amides is 2. The minimum absolute atomic E-state index is 0.000990. The van der Waals surface area contributed by atoms with Gasteiger partial charge in [0.2, 0.25) is 17.9 Å². The highest BCUT2D eigenvalue weighted by molar-refractivity contribution is 5.94. The zero-order chi connectivity index (χ0) is 47.2. The maximum Gasteiger partial charge on any atom is 0.348 e. The van der Waals surface area contributed by atoms with Crippen molar-refractivity contribution in [3.05, 3.63) is 41.5 Å². The van der Waals surface area contributed by atoms with Crippen LogP contribution in [-0.2, 0) is 68.6 Å². The minimum Gasteiger partial charge on any atom is -0.462 e. The first-order chi connectivity index (χ1) is 30.8. The second kappa shape index (κ2) is 21.0. The molecule has 2 bridgehead atoms. The molecule has 2 amide bonds.